The third-order valence-corrected chi connectivity index (χ3v) is 6.52. The lowest BCUT2D eigenvalue weighted by molar-refractivity contribution is 0.378. The van der Waals surface area contributed by atoms with Crippen LogP contribution in [0.4, 0.5) is 0 Å². The number of benzene rings is 2. The summed E-state index contributed by atoms with van der Waals surface area (Å²) in [6.45, 7) is 2.54. The first-order chi connectivity index (χ1) is 16.7. The highest BCUT2D eigenvalue weighted by molar-refractivity contribution is 7.99. The lowest BCUT2D eigenvalue weighted by Crippen LogP contribution is -2.24. The number of hydrogen-bond acceptors (Lipinski definition) is 7. The second-order valence-electron chi connectivity index (χ2n) is 7.99. The van der Waals surface area contributed by atoms with Crippen LogP contribution in [0.5, 0.6) is 0 Å². The molecule has 7 nitrogen and oxygen atoms in total. The Morgan fingerprint density at radius 2 is 1.76 bits per heavy atom. The maximum atomic E-state index is 13.3. The van der Waals surface area contributed by atoms with Crippen LogP contribution < -0.4 is 5.56 Å². The van der Waals surface area contributed by atoms with Crippen molar-refractivity contribution in [3.8, 4) is 11.4 Å². The number of aryl methyl sites for hydroxylation is 2. The van der Waals surface area contributed by atoms with Crippen molar-refractivity contribution in [3.05, 3.63) is 100 Å². The van der Waals surface area contributed by atoms with Crippen molar-refractivity contribution in [2.24, 2.45) is 0 Å². The molecule has 5 rings (SSSR count). The van der Waals surface area contributed by atoms with Crippen LogP contribution in [-0.4, -0.2) is 30.4 Å². The van der Waals surface area contributed by atoms with Crippen LogP contribution >= 0.6 is 11.8 Å². The number of aromatic nitrogens is 5. The van der Waals surface area contributed by atoms with Crippen LogP contribution in [0.25, 0.3) is 22.3 Å². The van der Waals surface area contributed by atoms with Crippen molar-refractivity contribution < 1.29 is 4.52 Å². The summed E-state index contributed by atoms with van der Waals surface area (Å²) in [5, 5.41) is 5.41. The van der Waals surface area contributed by atoms with Gasteiger partial charge in [0.05, 0.1) is 17.4 Å². The Balaban J connectivity index is 1.31. The Morgan fingerprint density at radius 1 is 0.971 bits per heavy atom. The predicted molar refractivity (Wildman–Crippen MR) is 133 cm³/mol. The summed E-state index contributed by atoms with van der Waals surface area (Å²) in [5.41, 5.74) is 3.83. The van der Waals surface area contributed by atoms with Crippen molar-refractivity contribution in [2.75, 3.05) is 5.75 Å². The van der Waals surface area contributed by atoms with Gasteiger partial charge in [0, 0.05) is 30.1 Å². The van der Waals surface area contributed by atoms with E-state index < -0.39 is 0 Å². The first-order valence-corrected chi connectivity index (χ1v) is 12.1. The molecule has 0 amide bonds. The summed E-state index contributed by atoms with van der Waals surface area (Å²) in [6, 6.07) is 19.4. The Labute approximate surface area is 200 Å². The highest BCUT2D eigenvalue weighted by Crippen LogP contribution is 2.21. The van der Waals surface area contributed by atoms with Gasteiger partial charge in [-0.15, -0.1) is 0 Å². The topological polar surface area (TPSA) is 86.7 Å². The van der Waals surface area contributed by atoms with Gasteiger partial charge in [-0.1, -0.05) is 58.9 Å². The van der Waals surface area contributed by atoms with E-state index in [-0.39, 0.29) is 5.56 Å². The zero-order valence-corrected chi connectivity index (χ0v) is 19.5. The van der Waals surface area contributed by atoms with Crippen molar-refractivity contribution in [2.45, 2.75) is 31.5 Å². The standard InChI is InChI=1S/C26H23N5O2S/c1-18-8-10-19(11-9-18)17-31-25(32)21-5-2-3-6-22(21)28-26(31)34-16-4-7-23-29-24(30-33-23)20-12-14-27-15-13-20/h2-3,5-6,8-15H,4,7,16-17H2,1H3. The number of para-hydroxylation sites is 1. The molecule has 0 aliphatic heterocycles. The van der Waals surface area contributed by atoms with Crippen molar-refractivity contribution in [1.82, 2.24) is 24.7 Å². The molecule has 0 radical (unpaired) electrons. The molecule has 0 bridgehead atoms. The molecule has 5 aromatic rings. The van der Waals surface area contributed by atoms with Crippen LogP contribution in [0.15, 0.2) is 87.5 Å². The molecule has 3 aromatic heterocycles. The van der Waals surface area contributed by atoms with Gasteiger partial charge in [-0.2, -0.15) is 4.98 Å². The molecule has 3 heterocycles. The Bertz CT molecular complexity index is 1460. The maximum Gasteiger partial charge on any atom is 0.262 e. The molecule has 0 unspecified atom stereocenters. The van der Waals surface area contributed by atoms with Gasteiger partial charge < -0.3 is 4.52 Å². The molecule has 0 saturated carbocycles. The molecular weight excluding hydrogens is 446 g/mol. The minimum Gasteiger partial charge on any atom is -0.339 e. The van der Waals surface area contributed by atoms with E-state index in [0.29, 0.717) is 40.7 Å². The quantitative estimate of drug-likeness (QED) is 0.181. The molecule has 0 spiro atoms. The lowest BCUT2D eigenvalue weighted by Gasteiger charge is -2.13. The summed E-state index contributed by atoms with van der Waals surface area (Å²) in [6.07, 6.45) is 4.88. The molecule has 0 N–H and O–H groups in total. The van der Waals surface area contributed by atoms with Gasteiger partial charge in [0.15, 0.2) is 5.16 Å². The fourth-order valence-electron chi connectivity index (χ4n) is 3.63. The van der Waals surface area contributed by atoms with E-state index in [1.165, 1.54) is 5.56 Å². The van der Waals surface area contributed by atoms with E-state index in [4.69, 9.17) is 9.51 Å². The monoisotopic (exact) mass is 469 g/mol. The molecule has 0 fully saturated rings. The van der Waals surface area contributed by atoms with E-state index >= 15 is 0 Å². The number of nitrogens with zero attached hydrogens (tertiary/aromatic N) is 5. The highest BCUT2D eigenvalue weighted by Gasteiger charge is 2.13. The van der Waals surface area contributed by atoms with Gasteiger partial charge in [-0.25, -0.2) is 4.98 Å². The summed E-state index contributed by atoms with van der Waals surface area (Å²) >= 11 is 1.57. The minimum absolute atomic E-state index is 0.0208. The maximum absolute atomic E-state index is 13.3. The molecule has 0 aliphatic rings. The lowest BCUT2D eigenvalue weighted by atomic mass is 10.1. The fraction of sp³-hybridized carbons (Fsp3) is 0.192. The fourth-order valence-corrected chi connectivity index (χ4v) is 4.57. The predicted octanol–water partition coefficient (Wildman–Crippen LogP) is 4.92. The number of rotatable bonds is 8. The van der Waals surface area contributed by atoms with Crippen molar-refractivity contribution in [1.29, 1.82) is 0 Å². The van der Waals surface area contributed by atoms with Crippen molar-refractivity contribution >= 4 is 22.7 Å². The largest absolute Gasteiger partial charge is 0.339 e. The third kappa shape index (κ3) is 4.92. The average Bonchev–Trinajstić information content (AvgIpc) is 3.35. The smallest absolute Gasteiger partial charge is 0.262 e. The molecule has 0 atom stereocenters. The Hall–Kier alpha value is -3.78. The summed E-state index contributed by atoms with van der Waals surface area (Å²) in [5.74, 6) is 1.93. The van der Waals surface area contributed by atoms with E-state index in [2.05, 4.69) is 46.3 Å². The molecular formula is C26H23N5O2S. The van der Waals surface area contributed by atoms with Crippen LogP contribution in [0.3, 0.4) is 0 Å². The zero-order valence-electron chi connectivity index (χ0n) is 18.7. The summed E-state index contributed by atoms with van der Waals surface area (Å²) < 4.78 is 7.17. The second kappa shape index (κ2) is 10.0. The molecule has 2 aromatic carbocycles. The van der Waals surface area contributed by atoms with Crippen LogP contribution in [0.1, 0.15) is 23.4 Å². The van der Waals surface area contributed by atoms with Crippen molar-refractivity contribution in [3.63, 3.8) is 0 Å². The average molecular weight is 470 g/mol. The SMILES string of the molecule is Cc1ccc(Cn2c(SCCCc3nc(-c4ccncc4)no3)nc3ccccc3c2=O)cc1. The van der Waals surface area contributed by atoms with Gasteiger partial charge in [-0.3, -0.25) is 14.3 Å². The Morgan fingerprint density at radius 3 is 2.59 bits per heavy atom. The molecule has 34 heavy (non-hydrogen) atoms. The third-order valence-electron chi connectivity index (χ3n) is 5.46. The van der Waals surface area contributed by atoms with E-state index in [0.717, 1.165) is 23.3 Å². The molecule has 170 valence electrons. The van der Waals surface area contributed by atoms with Crippen LogP contribution in [0.2, 0.25) is 0 Å². The second-order valence-corrected chi connectivity index (χ2v) is 9.05. The van der Waals surface area contributed by atoms with Gasteiger partial charge in [0.25, 0.3) is 5.56 Å². The number of hydrogen-bond donors (Lipinski definition) is 0. The van der Waals surface area contributed by atoms with Gasteiger partial charge in [-0.05, 0) is 43.2 Å². The van der Waals surface area contributed by atoms with E-state index in [1.54, 1.807) is 28.7 Å². The van der Waals surface area contributed by atoms with E-state index in [9.17, 15) is 4.79 Å². The van der Waals surface area contributed by atoms with E-state index in [1.807, 2.05) is 36.4 Å². The van der Waals surface area contributed by atoms with Gasteiger partial charge in [0.2, 0.25) is 11.7 Å². The number of fused-ring (bicyclic) bond motifs is 1. The first kappa shape index (κ1) is 22.0. The summed E-state index contributed by atoms with van der Waals surface area (Å²) in [7, 11) is 0. The normalized spacial score (nSPS) is 11.2. The molecule has 0 saturated heterocycles. The zero-order chi connectivity index (χ0) is 23.3. The minimum atomic E-state index is -0.0208. The number of thioether (sulfide) groups is 1. The summed E-state index contributed by atoms with van der Waals surface area (Å²) in [4.78, 5) is 26.6. The molecule has 8 heteroatoms. The first-order valence-electron chi connectivity index (χ1n) is 11.1. The highest BCUT2D eigenvalue weighted by atomic mass is 32.2. The number of pyridine rings is 1. The van der Waals surface area contributed by atoms with Gasteiger partial charge >= 0.3 is 0 Å². The Kier molecular flexibility index (Phi) is 6.49. The van der Waals surface area contributed by atoms with Crippen LogP contribution in [-0.2, 0) is 13.0 Å². The molecule has 0 aliphatic carbocycles. The van der Waals surface area contributed by atoms with Gasteiger partial charge in [0.1, 0.15) is 0 Å². The van der Waals surface area contributed by atoms with Crippen LogP contribution in [0, 0.1) is 6.92 Å².